The smallest absolute Gasteiger partial charge is 0.0453 e. The Labute approximate surface area is 166 Å². The first kappa shape index (κ1) is 17.1. The lowest BCUT2D eigenvalue weighted by Gasteiger charge is -2.30. The number of anilines is 1. The fourth-order valence-corrected chi connectivity index (χ4v) is 4.57. The average molecular weight is 367 g/mol. The molecule has 0 radical (unpaired) electrons. The molecule has 1 N–H and O–H groups in total. The van der Waals surface area contributed by atoms with Crippen LogP contribution in [0.5, 0.6) is 0 Å². The van der Waals surface area contributed by atoms with Crippen LogP contribution in [0.25, 0.3) is 22.0 Å². The van der Waals surface area contributed by atoms with E-state index in [-0.39, 0.29) is 0 Å². The summed E-state index contributed by atoms with van der Waals surface area (Å²) in [5, 5.41) is 1.28. The molecule has 6 rings (SSSR count). The molecule has 140 valence electrons. The molecule has 1 aromatic heterocycles. The minimum absolute atomic E-state index is 1.11. The average Bonchev–Trinajstić information content (AvgIpc) is 3.39. The van der Waals surface area contributed by atoms with E-state index in [0.29, 0.717) is 0 Å². The number of nitrogens with one attached hydrogen (secondary N) is 1. The molecule has 2 heterocycles. The van der Waals surface area contributed by atoms with Gasteiger partial charge in [-0.05, 0) is 65.1 Å². The largest absolute Gasteiger partial charge is 0.371 e. The normalized spacial score (nSPS) is 14.9. The Kier molecular flexibility index (Phi) is 4.62. The van der Waals surface area contributed by atoms with Gasteiger partial charge >= 0.3 is 0 Å². The molecular weight excluding hydrogens is 340 g/mol. The van der Waals surface area contributed by atoms with Crippen LogP contribution in [-0.2, 0) is 6.42 Å². The zero-order valence-corrected chi connectivity index (χ0v) is 16.2. The molecular formula is C26H26N2. The van der Waals surface area contributed by atoms with Gasteiger partial charge in [0.25, 0.3) is 0 Å². The Morgan fingerprint density at radius 1 is 0.679 bits per heavy atom. The number of rotatable bonds is 1. The summed E-state index contributed by atoms with van der Waals surface area (Å²) in [6.07, 6.45) is 7.14. The van der Waals surface area contributed by atoms with Gasteiger partial charge in [0.1, 0.15) is 0 Å². The predicted molar refractivity (Wildman–Crippen MR) is 119 cm³/mol. The van der Waals surface area contributed by atoms with Gasteiger partial charge in [-0.1, -0.05) is 54.6 Å². The Balaban J connectivity index is 0.000000158. The summed E-state index contributed by atoms with van der Waals surface area (Å²) in [4.78, 5) is 5.71. The lowest BCUT2D eigenvalue weighted by molar-refractivity contribution is 0.577. The monoisotopic (exact) mass is 366 g/mol. The minimum atomic E-state index is 1.11. The van der Waals surface area contributed by atoms with Gasteiger partial charge in [-0.3, -0.25) is 0 Å². The molecule has 3 aromatic carbocycles. The predicted octanol–water partition coefficient (Wildman–Crippen LogP) is 6.42. The summed E-state index contributed by atoms with van der Waals surface area (Å²) in [6, 6.07) is 26.0. The van der Waals surface area contributed by atoms with Crippen molar-refractivity contribution in [3.8, 4) is 11.1 Å². The molecule has 2 nitrogen and oxygen atoms in total. The number of para-hydroxylation sites is 1. The summed E-state index contributed by atoms with van der Waals surface area (Å²) < 4.78 is 0. The number of nitrogens with zero attached hydrogens (tertiary/aromatic N) is 1. The molecule has 28 heavy (non-hydrogen) atoms. The van der Waals surface area contributed by atoms with Gasteiger partial charge in [0.2, 0.25) is 0 Å². The SMILES string of the molecule is c1ccc2[nH]ccc2c1.c1ccc2c(c1)Cc1c-2cccc1N1CCCCC1. The topological polar surface area (TPSA) is 19.0 Å². The molecule has 0 unspecified atom stereocenters. The first-order chi connectivity index (χ1) is 13.9. The second kappa shape index (κ2) is 7.55. The van der Waals surface area contributed by atoms with Crippen LogP contribution in [0, 0.1) is 0 Å². The quantitative estimate of drug-likeness (QED) is 0.363. The number of aromatic nitrogens is 1. The van der Waals surface area contributed by atoms with Gasteiger partial charge in [-0.2, -0.15) is 0 Å². The molecule has 4 aromatic rings. The van der Waals surface area contributed by atoms with Crippen LogP contribution in [-0.4, -0.2) is 18.1 Å². The van der Waals surface area contributed by atoms with E-state index in [2.05, 4.69) is 70.5 Å². The highest BCUT2D eigenvalue weighted by Gasteiger charge is 2.23. The van der Waals surface area contributed by atoms with Gasteiger partial charge in [-0.15, -0.1) is 0 Å². The van der Waals surface area contributed by atoms with Crippen molar-refractivity contribution in [2.45, 2.75) is 25.7 Å². The fraction of sp³-hybridized carbons (Fsp3) is 0.231. The molecule has 2 heteroatoms. The highest BCUT2D eigenvalue weighted by Crippen LogP contribution is 2.41. The van der Waals surface area contributed by atoms with Crippen LogP contribution in [0.15, 0.2) is 79.0 Å². The van der Waals surface area contributed by atoms with Crippen molar-refractivity contribution < 1.29 is 0 Å². The molecule has 0 amide bonds. The summed E-state index contributed by atoms with van der Waals surface area (Å²) in [6.45, 7) is 2.46. The van der Waals surface area contributed by atoms with Crippen molar-refractivity contribution in [2.75, 3.05) is 18.0 Å². The molecule has 1 fully saturated rings. The van der Waals surface area contributed by atoms with Crippen molar-refractivity contribution in [1.29, 1.82) is 0 Å². The maximum Gasteiger partial charge on any atom is 0.0453 e. The summed E-state index contributed by atoms with van der Waals surface area (Å²) >= 11 is 0. The first-order valence-corrected chi connectivity index (χ1v) is 10.4. The fourth-order valence-electron chi connectivity index (χ4n) is 4.57. The number of fused-ring (bicyclic) bond motifs is 4. The third kappa shape index (κ3) is 3.20. The van der Waals surface area contributed by atoms with Gasteiger partial charge in [0, 0.05) is 36.9 Å². The highest BCUT2D eigenvalue weighted by molar-refractivity contribution is 5.82. The zero-order valence-electron chi connectivity index (χ0n) is 16.2. The molecule has 1 aliphatic heterocycles. The molecule has 1 saturated heterocycles. The van der Waals surface area contributed by atoms with E-state index in [1.807, 2.05) is 18.3 Å². The third-order valence-corrected chi connectivity index (χ3v) is 5.99. The number of H-pyrrole nitrogens is 1. The second-order valence-corrected chi connectivity index (χ2v) is 7.75. The Morgan fingerprint density at radius 2 is 1.46 bits per heavy atom. The third-order valence-electron chi connectivity index (χ3n) is 5.99. The van der Waals surface area contributed by atoms with Gasteiger partial charge in [0.15, 0.2) is 0 Å². The Bertz CT molecular complexity index is 1060. The molecule has 0 atom stereocenters. The molecule has 2 aliphatic rings. The van der Waals surface area contributed by atoms with Crippen LogP contribution in [0.4, 0.5) is 5.69 Å². The molecule has 0 saturated carbocycles. The van der Waals surface area contributed by atoms with Crippen LogP contribution < -0.4 is 4.90 Å². The van der Waals surface area contributed by atoms with Crippen molar-refractivity contribution in [3.63, 3.8) is 0 Å². The maximum atomic E-state index is 3.12. The van der Waals surface area contributed by atoms with Crippen LogP contribution in [0.1, 0.15) is 30.4 Å². The van der Waals surface area contributed by atoms with E-state index in [4.69, 9.17) is 0 Å². The number of piperidine rings is 1. The summed E-state index contributed by atoms with van der Waals surface area (Å²) in [7, 11) is 0. The Morgan fingerprint density at radius 3 is 2.36 bits per heavy atom. The van der Waals surface area contributed by atoms with E-state index in [9.17, 15) is 0 Å². The Hall–Kier alpha value is -3.00. The number of aromatic amines is 1. The van der Waals surface area contributed by atoms with Crippen molar-refractivity contribution in [2.24, 2.45) is 0 Å². The van der Waals surface area contributed by atoms with E-state index >= 15 is 0 Å². The van der Waals surface area contributed by atoms with Crippen LogP contribution >= 0.6 is 0 Å². The molecule has 0 spiro atoms. The zero-order chi connectivity index (χ0) is 18.8. The minimum Gasteiger partial charge on any atom is -0.371 e. The molecule has 0 bridgehead atoms. The van der Waals surface area contributed by atoms with Crippen molar-refractivity contribution in [3.05, 3.63) is 90.1 Å². The van der Waals surface area contributed by atoms with Gasteiger partial charge in [-0.25, -0.2) is 0 Å². The lowest BCUT2D eigenvalue weighted by atomic mass is 10.0. The number of hydrogen-bond acceptors (Lipinski definition) is 1. The van der Waals surface area contributed by atoms with E-state index in [1.54, 1.807) is 5.56 Å². The maximum absolute atomic E-state index is 3.12. The standard InChI is InChI=1S/C18H19N.C8H7N/c1-4-11-19(12-5-1)18-10-6-9-16-15-8-3-2-7-14(15)13-17(16)18;1-2-4-8-7(3-1)5-6-9-8/h2-3,6-10H,1,4-5,11-13H2;1-6,9H. The van der Waals surface area contributed by atoms with E-state index < -0.39 is 0 Å². The number of benzene rings is 3. The van der Waals surface area contributed by atoms with E-state index in [0.717, 1.165) is 6.42 Å². The highest BCUT2D eigenvalue weighted by atomic mass is 15.1. The summed E-state index contributed by atoms with van der Waals surface area (Å²) in [5.74, 6) is 0. The summed E-state index contributed by atoms with van der Waals surface area (Å²) in [5.41, 5.74) is 8.62. The molecule has 1 aliphatic carbocycles. The van der Waals surface area contributed by atoms with Crippen LogP contribution in [0.3, 0.4) is 0 Å². The number of hydrogen-bond donors (Lipinski definition) is 1. The van der Waals surface area contributed by atoms with E-state index in [1.165, 1.54) is 65.6 Å². The lowest BCUT2D eigenvalue weighted by Crippen LogP contribution is -2.30. The van der Waals surface area contributed by atoms with Crippen molar-refractivity contribution >= 4 is 16.6 Å². The second-order valence-electron chi connectivity index (χ2n) is 7.75. The van der Waals surface area contributed by atoms with Crippen molar-refractivity contribution in [1.82, 2.24) is 4.98 Å². The van der Waals surface area contributed by atoms with Gasteiger partial charge < -0.3 is 9.88 Å². The van der Waals surface area contributed by atoms with Crippen LogP contribution in [0.2, 0.25) is 0 Å². The van der Waals surface area contributed by atoms with Gasteiger partial charge in [0.05, 0.1) is 0 Å². The first-order valence-electron chi connectivity index (χ1n) is 10.4.